The highest BCUT2D eigenvalue weighted by atomic mass is 16.4. The van der Waals surface area contributed by atoms with E-state index in [1.54, 1.807) is 30.3 Å². The number of benzene rings is 1. The molecule has 37 heavy (non-hydrogen) atoms. The van der Waals surface area contributed by atoms with E-state index in [1.807, 2.05) is 49.4 Å². The Morgan fingerprint density at radius 1 is 1.14 bits per heavy atom. The molecule has 192 valence electrons. The lowest BCUT2D eigenvalue weighted by Gasteiger charge is -2.23. The van der Waals surface area contributed by atoms with Gasteiger partial charge in [-0.15, -0.1) is 10.2 Å². The molecule has 0 aliphatic rings. The molecule has 3 heterocycles. The van der Waals surface area contributed by atoms with Gasteiger partial charge < -0.3 is 20.0 Å². The highest BCUT2D eigenvalue weighted by Gasteiger charge is 2.29. The number of hydrogen-bond donors (Lipinski definition) is 2. The molecule has 1 atom stereocenters. The molecule has 0 aliphatic heterocycles. The van der Waals surface area contributed by atoms with E-state index >= 15 is 0 Å². The maximum absolute atomic E-state index is 13.6. The van der Waals surface area contributed by atoms with E-state index in [2.05, 4.69) is 27.1 Å². The summed E-state index contributed by atoms with van der Waals surface area (Å²) in [4.78, 5) is 35.1. The summed E-state index contributed by atoms with van der Waals surface area (Å²) in [6, 6.07) is 15.1. The number of aromatic amines is 1. The number of nitrogens with one attached hydrogen (secondary N) is 1. The van der Waals surface area contributed by atoms with Crippen molar-refractivity contribution < 1.29 is 9.21 Å². The number of H-pyrrole nitrogens is 1. The van der Waals surface area contributed by atoms with Crippen LogP contribution in [0, 0.1) is 6.92 Å². The molecule has 0 radical (unpaired) electrons. The van der Waals surface area contributed by atoms with Crippen LogP contribution in [0.5, 0.6) is 0 Å². The van der Waals surface area contributed by atoms with Crippen LogP contribution < -0.4 is 11.3 Å². The molecule has 0 fully saturated rings. The second-order valence-corrected chi connectivity index (χ2v) is 9.48. The number of amides is 1. The Morgan fingerprint density at radius 3 is 2.59 bits per heavy atom. The molecule has 0 aliphatic carbocycles. The zero-order valence-corrected chi connectivity index (χ0v) is 21.4. The van der Waals surface area contributed by atoms with E-state index in [0.717, 1.165) is 24.0 Å². The molecule has 0 spiro atoms. The molecule has 0 saturated heterocycles. The molecule has 9 nitrogen and oxygen atoms in total. The number of nitrogens with two attached hydrogens (primary N) is 1. The van der Waals surface area contributed by atoms with Gasteiger partial charge in [-0.1, -0.05) is 49.7 Å². The first kappa shape index (κ1) is 26.0. The van der Waals surface area contributed by atoms with Crippen LogP contribution in [0.3, 0.4) is 0 Å². The normalized spacial score (nSPS) is 12.8. The SMILES string of the molecule is CCCCN(Cc1cccnc1)C(=O)c1cc(-c2nnc([C@](C)(N)Cc3ccccc3)o2)[nH]c(=O)c1C. The van der Waals surface area contributed by atoms with E-state index in [4.69, 9.17) is 10.2 Å². The van der Waals surface area contributed by atoms with Crippen molar-refractivity contribution in [3.8, 4) is 11.6 Å². The van der Waals surface area contributed by atoms with Crippen LogP contribution in [0.4, 0.5) is 0 Å². The van der Waals surface area contributed by atoms with Gasteiger partial charge in [0.15, 0.2) is 0 Å². The molecule has 9 heteroatoms. The summed E-state index contributed by atoms with van der Waals surface area (Å²) in [5.74, 6) is 0.0923. The van der Waals surface area contributed by atoms with Crippen LogP contribution in [-0.2, 0) is 18.5 Å². The van der Waals surface area contributed by atoms with Crippen LogP contribution in [0.25, 0.3) is 11.6 Å². The van der Waals surface area contributed by atoms with Gasteiger partial charge in [0.05, 0.1) is 11.1 Å². The molecule has 1 aromatic carbocycles. The number of rotatable bonds is 10. The molecule has 3 N–H and O–H groups in total. The minimum Gasteiger partial charge on any atom is -0.417 e. The molecular weight excluding hydrogens is 468 g/mol. The topological polar surface area (TPSA) is 131 Å². The fraction of sp³-hybridized carbons (Fsp3) is 0.321. The number of carbonyl (C=O) groups excluding carboxylic acids is 1. The number of aromatic nitrogens is 4. The average Bonchev–Trinajstić information content (AvgIpc) is 3.40. The minimum absolute atomic E-state index is 0.0956. The first-order chi connectivity index (χ1) is 17.8. The number of nitrogens with zero attached hydrogens (tertiary/aromatic N) is 4. The fourth-order valence-electron chi connectivity index (χ4n) is 4.11. The molecule has 0 unspecified atom stereocenters. The van der Waals surface area contributed by atoms with E-state index in [0.29, 0.717) is 30.6 Å². The molecule has 0 saturated carbocycles. The Bertz CT molecular complexity index is 1400. The monoisotopic (exact) mass is 500 g/mol. The lowest BCUT2D eigenvalue weighted by Crippen LogP contribution is -2.35. The van der Waals surface area contributed by atoms with Gasteiger partial charge in [0.1, 0.15) is 5.69 Å². The average molecular weight is 501 g/mol. The predicted octanol–water partition coefficient (Wildman–Crippen LogP) is 3.99. The van der Waals surface area contributed by atoms with Crippen molar-refractivity contribution in [2.45, 2.75) is 52.1 Å². The van der Waals surface area contributed by atoms with Crippen molar-refractivity contribution in [1.29, 1.82) is 0 Å². The first-order valence-corrected chi connectivity index (χ1v) is 12.4. The maximum Gasteiger partial charge on any atom is 0.264 e. The van der Waals surface area contributed by atoms with E-state index < -0.39 is 11.1 Å². The quantitative estimate of drug-likeness (QED) is 0.337. The number of hydrogen-bond acceptors (Lipinski definition) is 7. The van der Waals surface area contributed by atoms with Gasteiger partial charge in [-0.05, 0) is 49.9 Å². The van der Waals surface area contributed by atoms with Crippen LogP contribution in [-0.4, -0.2) is 37.5 Å². The van der Waals surface area contributed by atoms with Crippen molar-refractivity contribution in [2.75, 3.05) is 6.54 Å². The van der Waals surface area contributed by atoms with Gasteiger partial charge in [0.2, 0.25) is 5.89 Å². The van der Waals surface area contributed by atoms with Gasteiger partial charge in [0, 0.05) is 31.0 Å². The van der Waals surface area contributed by atoms with Crippen LogP contribution in [0.15, 0.2) is 70.1 Å². The maximum atomic E-state index is 13.6. The highest BCUT2D eigenvalue weighted by Crippen LogP contribution is 2.25. The third-order valence-electron chi connectivity index (χ3n) is 6.24. The Morgan fingerprint density at radius 2 is 1.89 bits per heavy atom. The van der Waals surface area contributed by atoms with E-state index in [1.165, 1.54) is 0 Å². The summed E-state index contributed by atoms with van der Waals surface area (Å²) in [6.07, 6.45) is 5.69. The Balaban J connectivity index is 1.63. The van der Waals surface area contributed by atoms with Crippen molar-refractivity contribution >= 4 is 5.91 Å². The van der Waals surface area contributed by atoms with Gasteiger partial charge in [-0.25, -0.2) is 0 Å². The summed E-state index contributed by atoms with van der Waals surface area (Å²) in [7, 11) is 0. The standard InChI is InChI=1S/C28H32N6O3/c1-4-5-14-34(18-21-12-9-13-30-17-21)26(36)22-15-23(31-24(35)19(22)2)25-32-33-27(37-25)28(3,29)16-20-10-7-6-8-11-20/h6-13,15,17H,4-5,14,16,18,29H2,1-3H3,(H,31,35)/t28-/m1/s1. The fourth-order valence-corrected chi connectivity index (χ4v) is 4.11. The lowest BCUT2D eigenvalue weighted by atomic mass is 9.94. The molecule has 3 aromatic heterocycles. The highest BCUT2D eigenvalue weighted by molar-refractivity contribution is 5.96. The summed E-state index contributed by atoms with van der Waals surface area (Å²) in [5.41, 5.74) is 8.04. The Labute approximate surface area is 215 Å². The zero-order valence-electron chi connectivity index (χ0n) is 21.4. The van der Waals surface area contributed by atoms with E-state index in [-0.39, 0.29) is 23.4 Å². The predicted molar refractivity (Wildman–Crippen MR) is 141 cm³/mol. The zero-order chi connectivity index (χ0) is 26.4. The minimum atomic E-state index is -0.920. The second kappa shape index (κ2) is 11.3. The van der Waals surface area contributed by atoms with Crippen LogP contribution in [0.1, 0.15) is 59.6 Å². The lowest BCUT2D eigenvalue weighted by molar-refractivity contribution is 0.0739. The van der Waals surface area contributed by atoms with Crippen molar-refractivity contribution in [2.24, 2.45) is 5.73 Å². The second-order valence-electron chi connectivity index (χ2n) is 9.48. The number of carbonyl (C=O) groups is 1. The molecule has 4 rings (SSSR count). The third kappa shape index (κ3) is 6.18. The van der Waals surface area contributed by atoms with Gasteiger partial charge in [-0.2, -0.15) is 0 Å². The van der Waals surface area contributed by atoms with Crippen molar-refractivity contribution in [3.63, 3.8) is 0 Å². The van der Waals surface area contributed by atoms with Gasteiger partial charge >= 0.3 is 0 Å². The summed E-state index contributed by atoms with van der Waals surface area (Å²) in [6.45, 7) is 6.47. The largest absolute Gasteiger partial charge is 0.417 e. The molecular formula is C28H32N6O3. The van der Waals surface area contributed by atoms with E-state index in [9.17, 15) is 9.59 Å². The van der Waals surface area contributed by atoms with Crippen molar-refractivity contribution in [1.82, 2.24) is 25.1 Å². The first-order valence-electron chi connectivity index (χ1n) is 12.4. The summed E-state index contributed by atoms with van der Waals surface area (Å²) < 4.78 is 5.91. The summed E-state index contributed by atoms with van der Waals surface area (Å²) >= 11 is 0. The Hall–Kier alpha value is -4.11. The van der Waals surface area contributed by atoms with Crippen LogP contribution >= 0.6 is 0 Å². The van der Waals surface area contributed by atoms with Crippen LogP contribution in [0.2, 0.25) is 0 Å². The molecule has 0 bridgehead atoms. The van der Waals surface area contributed by atoms with Gasteiger partial charge in [-0.3, -0.25) is 14.6 Å². The van der Waals surface area contributed by atoms with Gasteiger partial charge in [0.25, 0.3) is 17.4 Å². The third-order valence-corrected chi connectivity index (χ3v) is 6.24. The smallest absolute Gasteiger partial charge is 0.264 e. The molecule has 1 amide bonds. The van der Waals surface area contributed by atoms with Crippen molar-refractivity contribution in [3.05, 3.63) is 99.4 Å². The molecule has 4 aromatic rings. The number of unbranched alkanes of at least 4 members (excludes halogenated alkanes) is 1. The number of pyridine rings is 2. The Kier molecular flexibility index (Phi) is 7.93. The summed E-state index contributed by atoms with van der Waals surface area (Å²) in [5, 5.41) is 8.28.